The molecule has 1 aromatic heterocycles. The second-order valence-electron chi connectivity index (χ2n) is 3.30. The van der Waals surface area contributed by atoms with Gasteiger partial charge in [-0.25, -0.2) is 9.97 Å². The highest BCUT2D eigenvalue weighted by atomic mass is 16.3. The highest BCUT2D eigenvalue weighted by Gasteiger charge is 1.98. The van der Waals surface area contributed by atoms with Crippen LogP contribution in [0.4, 0.5) is 11.5 Å². The van der Waals surface area contributed by atoms with Crippen molar-refractivity contribution < 1.29 is 5.11 Å². The van der Waals surface area contributed by atoms with Crippen molar-refractivity contribution in [3.8, 4) is 5.75 Å². The summed E-state index contributed by atoms with van der Waals surface area (Å²) in [5.74, 6) is 1.28. The fraction of sp³-hybridized carbons (Fsp3) is 0.0909. The van der Waals surface area contributed by atoms with E-state index in [9.17, 15) is 5.11 Å². The molecule has 0 atom stereocenters. The Morgan fingerprint density at radius 1 is 1.31 bits per heavy atom. The van der Waals surface area contributed by atoms with Crippen LogP contribution < -0.4 is 11.1 Å². The Hall–Kier alpha value is -2.30. The number of rotatable bonds is 3. The Morgan fingerprint density at radius 3 is 2.94 bits per heavy atom. The Kier molecular flexibility index (Phi) is 2.86. The van der Waals surface area contributed by atoms with Gasteiger partial charge in [0.25, 0.3) is 0 Å². The van der Waals surface area contributed by atoms with E-state index in [4.69, 9.17) is 5.73 Å². The monoisotopic (exact) mass is 216 g/mol. The average molecular weight is 216 g/mol. The maximum atomic E-state index is 9.26. The predicted molar refractivity (Wildman–Crippen MR) is 61.9 cm³/mol. The predicted octanol–water partition coefficient (Wildman–Crippen LogP) is 1.38. The molecule has 2 aromatic rings. The van der Waals surface area contributed by atoms with Crippen molar-refractivity contribution in [2.24, 2.45) is 0 Å². The SMILES string of the molecule is Nc1ccnc(CNc2cccc(O)c2)n1. The number of nitrogens with zero attached hydrogens (tertiary/aromatic N) is 2. The van der Waals surface area contributed by atoms with Gasteiger partial charge in [-0.1, -0.05) is 6.07 Å². The fourth-order valence-corrected chi connectivity index (χ4v) is 1.30. The van der Waals surface area contributed by atoms with E-state index in [-0.39, 0.29) is 5.75 Å². The average Bonchev–Trinajstić information content (AvgIpc) is 2.27. The molecule has 5 nitrogen and oxygen atoms in total. The fourth-order valence-electron chi connectivity index (χ4n) is 1.30. The number of aromatic nitrogens is 2. The molecule has 0 unspecified atom stereocenters. The van der Waals surface area contributed by atoms with Crippen LogP contribution in [0.2, 0.25) is 0 Å². The summed E-state index contributed by atoms with van der Waals surface area (Å²) in [6.45, 7) is 0.467. The van der Waals surface area contributed by atoms with E-state index in [1.54, 1.807) is 30.5 Å². The maximum Gasteiger partial charge on any atom is 0.149 e. The van der Waals surface area contributed by atoms with Gasteiger partial charge in [-0.3, -0.25) is 0 Å². The second kappa shape index (κ2) is 4.48. The molecule has 0 saturated carbocycles. The quantitative estimate of drug-likeness (QED) is 0.721. The first-order valence-electron chi connectivity index (χ1n) is 4.84. The normalized spacial score (nSPS) is 10.0. The number of phenolic OH excluding ortho intramolecular Hbond substituents is 1. The third-order valence-electron chi connectivity index (χ3n) is 2.02. The summed E-state index contributed by atoms with van der Waals surface area (Å²) in [5, 5.41) is 12.4. The van der Waals surface area contributed by atoms with Crippen LogP contribution in [-0.2, 0) is 6.54 Å². The van der Waals surface area contributed by atoms with E-state index < -0.39 is 0 Å². The van der Waals surface area contributed by atoms with Crippen LogP contribution in [-0.4, -0.2) is 15.1 Å². The van der Waals surface area contributed by atoms with Crippen molar-refractivity contribution in [1.82, 2.24) is 9.97 Å². The molecule has 82 valence electrons. The number of phenols is 1. The molecule has 2 rings (SSSR count). The van der Waals surface area contributed by atoms with E-state index in [2.05, 4.69) is 15.3 Å². The van der Waals surface area contributed by atoms with Gasteiger partial charge in [0, 0.05) is 18.0 Å². The number of hydrogen-bond donors (Lipinski definition) is 3. The molecule has 0 aliphatic rings. The molecule has 1 heterocycles. The highest BCUT2D eigenvalue weighted by molar-refractivity contribution is 5.47. The lowest BCUT2D eigenvalue weighted by Crippen LogP contribution is -2.05. The first kappa shape index (κ1) is 10.2. The number of aromatic hydroxyl groups is 1. The molecule has 16 heavy (non-hydrogen) atoms. The van der Waals surface area contributed by atoms with Crippen LogP contribution >= 0.6 is 0 Å². The van der Waals surface area contributed by atoms with Gasteiger partial charge in [0.1, 0.15) is 17.4 Å². The Bertz CT molecular complexity index is 441. The van der Waals surface area contributed by atoms with E-state index >= 15 is 0 Å². The van der Waals surface area contributed by atoms with Crippen LogP contribution in [0.1, 0.15) is 5.82 Å². The van der Waals surface area contributed by atoms with E-state index in [1.807, 2.05) is 6.07 Å². The molecule has 0 aliphatic carbocycles. The molecule has 0 saturated heterocycles. The topological polar surface area (TPSA) is 84.1 Å². The van der Waals surface area contributed by atoms with Gasteiger partial charge in [-0.05, 0) is 18.2 Å². The summed E-state index contributed by atoms with van der Waals surface area (Å²) in [6, 6.07) is 8.50. The largest absolute Gasteiger partial charge is 0.508 e. The molecule has 0 fully saturated rings. The second-order valence-corrected chi connectivity index (χ2v) is 3.30. The van der Waals surface area contributed by atoms with Crippen LogP contribution in [0.25, 0.3) is 0 Å². The van der Waals surface area contributed by atoms with Crippen molar-refractivity contribution in [2.75, 3.05) is 11.1 Å². The minimum atomic E-state index is 0.221. The zero-order valence-electron chi connectivity index (χ0n) is 8.59. The lowest BCUT2D eigenvalue weighted by molar-refractivity contribution is 0.475. The van der Waals surface area contributed by atoms with Gasteiger partial charge in [0.2, 0.25) is 0 Å². The summed E-state index contributed by atoms with van der Waals surface area (Å²) in [6.07, 6.45) is 1.61. The van der Waals surface area contributed by atoms with Gasteiger partial charge < -0.3 is 16.2 Å². The molecule has 5 heteroatoms. The van der Waals surface area contributed by atoms with Crippen molar-refractivity contribution in [3.63, 3.8) is 0 Å². The van der Waals surface area contributed by atoms with Gasteiger partial charge in [0.15, 0.2) is 0 Å². The minimum absolute atomic E-state index is 0.221. The van der Waals surface area contributed by atoms with Gasteiger partial charge in [-0.15, -0.1) is 0 Å². The molecule has 1 aromatic carbocycles. The summed E-state index contributed by atoms with van der Waals surface area (Å²) in [4.78, 5) is 8.11. The lowest BCUT2D eigenvalue weighted by Gasteiger charge is -2.05. The molecular formula is C11H12N4O. The third-order valence-corrected chi connectivity index (χ3v) is 2.02. The Labute approximate surface area is 93.0 Å². The van der Waals surface area contributed by atoms with E-state index in [0.717, 1.165) is 5.69 Å². The number of nitrogens with two attached hydrogens (primary N) is 1. The Balaban J connectivity index is 2.02. The number of hydrogen-bond acceptors (Lipinski definition) is 5. The minimum Gasteiger partial charge on any atom is -0.508 e. The zero-order valence-corrected chi connectivity index (χ0v) is 8.59. The van der Waals surface area contributed by atoms with Crippen molar-refractivity contribution in [1.29, 1.82) is 0 Å². The van der Waals surface area contributed by atoms with Crippen molar-refractivity contribution in [3.05, 3.63) is 42.4 Å². The molecule has 0 spiro atoms. The number of benzene rings is 1. The van der Waals surface area contributed by atoms with Crippen LogP contribution in [0, 0.1) is 0 Å². The summed E-state index contributed by atoms with van der Waals surface area (Å²) in [5.41, 5.74) is 6.34. The first-order chi connectivity index (χ1) is 7.74. The zero-order chi connectivity index (χ0) is 11.4. The lowest BCUT2D eigenvalue weighted by atomic mass is 10.3. The van der Waals surface area contributed by atoms with Crippen LogP contribution in [0.15, 0.2) is 36.5 Å². The molecule has 0 bridgehead atoms. The molecular weight excluding hydrogens is 204 g/mol. The maximum absolute atomic E-state index is 9.26. The van der Waals surface area contributed by atoms with E-state index in [0.29, 0.717) is 18.2 Å². The van der Waals surface area contributed by atoms with Crippen LogP contribution in [0.3, 0.4) is 0 Å². The summed E-state index contributed by atoms with van der Waals surface area (Å²) < 4.78 is 0. The third kappa shape index (κ3) is 2.60. The molecule has 4 N–H and O–H groups in total. The standard InChI is InChI=1S/C11H12N4O/c12-10-4-5-13-11(15-10)7-14-8-2-1-3-9(16)6-8/h1-6,14,16H,7H2,(H2,12,13,15). The smallest absolute Gasteiger partial charge is 0.149 e. The summed E-state index contributed by atoms with van der Waals surface area (Å²) in [7, 11) is 0. The molecule has 0 amide bonds. The highest BCUT2D eigenvalue weighted by Crippen LogP contribution is 2.15. The van der Waals surface area contributed by atoms with E-state index in [1.165, 1.54) is 0 Å². The van der Waals surface area contributed by atoms with Crippen molar-refractivity contribution >= 4 is 11.5 Å². The molecule has 0 aliphatic heterocycles. The van der Waals surface area contributed by atoms with Gasteiger partial charge >= 0.3 is 0 Å². The van der Waals surface area contributed by atoms with Crippen LogP contribution in [0.5, 0.6) is 5.75 Å². The van der Waals surface area contributed by atoms with Crippen molar-refractivity contribution in [2.45, 2.75) is 6.54 Å². The number of nitrogens with one attached hydrogen (secondary N) is 1. The molecule has 0 radical (unpaired) electrons. The Morgan fingerprint density at radius 2 is 2.19 bits per heavy atom. The number of anilines is 2. The van der Waals surface area contributed by atoms with Gasteiger partial charge in [0.05, 0.1) is 6.54 Å². The summed E-state index contributed by atoms with van der Waals surface area (Å²) >= 11 is 0. The number of nitrogen functional groups attached to an aromatic ring is 1. The first-order valence-corrected chi connectivity index (χ1v) is 4.84. The van der Waals surface area contributed by atoms with Gasteiger partial charge in [-0.2, -0.15) is 0 Å².